The van der Waals surface area contributed by atoms with Crippen molar-refractivity contribution in [2.24, 2.45) is 0 Å². The lowest BCUT2D eigenvalue weighted by atomic mass is 10.2. The third kappa shape index (κ3) is 5.33. The van der Waals surface area contributed by atoms with E-state index in [4.69, 9.17) is 26.5 Å². The topological polar surface area (TPSA) is 102 Å². The van der Waals surface area contributed by atoms with Gasteiger partial charge in [-0.3, -0.25) is 4.79 Å². The summed E-state index contributed by atoms with van der Waals surface area (Å²) in [6.45, 7) is 8.28. The molecule has 0 bridgehead atoms. The Labute approximate surface area is 223 Å². The van der Waals surface area contributed by atoms with Gasteiger partial charge in [0.15, 0.2) is 11.1 Å². The highest BCUT2D eigenvalue weighted by Gasteiger charge is 2.26. The molecular weight excluding hydrogens is 512 g/mol. The van der Waals surface area contributed by atoms with Gasteiger partial charge in [-0.2, -0.15) is 0 Å². The van der Waals surface area contributed by atoms with Crippen LogP contribution in [0, 0.1) is 0 Å². The van der Waals surface area contributed by atoms with Gasteiger partial charge in [-0.15, -0.1) is 0 Å². The van der Waals surface area contributed by atoms with Crippen LogP contribution >= 0.6 is 23.4 Å². The van der Waals surface area contributed by atoms with E-state index in [2.05, 4.69) is 9.88 Å². The molecule has 0 atom stereocenters. The van der Waals surface area contributed by atoms with Crippen LogP contribution in [0.25, 0.3) is 22.1 Å². The molecule has 4 aromatic rings. The molecule has 0 saturated carbocycles. The fourth-order valence-electron chi connectivity index (χ4n) is 4.19. The number of anilines is 2. The Balaban J connectivity index is 1.30. The molecule has 2 N–H and O–H groups in total. The molecule has 0 aliphatic carbocycles. The molecule has 1 aliphatic heterocycles. The van der Waals surface area contributed by atoms with Crippen LogP contribution in [0.3, 0.4) is 0 Å². The highest BCUT2D eigenvalue weighted by Crippen LogP contribution is 2.35. The molecule has 1 fully saturated rings. The lowest BCUT2D eigenvalue weighted by Gasteiger charge is -2.36. The Morgan fingerprint density at radius 2 is 1.78 bits per heavy atom. The second-order valence-electron chi connectivity index (χ2n) is 9.81. The molecule has 0 unspecified atom stereocenters. The molecule has 0 radical (unpaired) electrons. The number of carbonyl (C=O) groups excluding carboxylic acids is 1. The Morgan fingerprint density at radius 1 is 1.08 bits per heavy atom. The molecule has 192 valence electrons. The molecular formula is C27H27ClN4O4S. The molecule has 3 heterocycles. The molecule has 0 spiro atoms. The Hall–Kier alpha value is -3.43. The van der Waals surface area contributed by atoms with E-state index < -0.39 is 5.60 Å². The van der Waals surface area contributed by atoms with Gasteiger partial charge in [-0.1, -0.05) is 29.4 Å². The van der Waals surface area contributed by atoms with Gasteiger partial charge < -0.3 is 24.7 Å². The standard InChI is InChI=1S/C27H27ClN4O4S/c1-27(2,3)36-26(34)32-13-11-31(12-14-32)16-7-9-17(10-8-16)37-21-15-20-23(30-25(21)29)24(33)22-18(28)5-4-6-19(22)35-20/h4-10,15H,11-14H2,1-3H3,(H2,29,30). The molecule has 2 aromatic carbocycles. The van der Waals surface area contributed by atoms with E-state index >= 15 is 0 Å². The number of nitrogens with two attached hydrogens (primary N) is 1. The van der Waals surface area contributed by atoms with E-state index in [0.29, 0.717) is 39.6 Å². The van der Waals surface area contributed by atoms with E-state index in [-0.39, 0.29) is 22.9 Å². The summed E-state index contributed by atoms with van der Waals surface area (Å²) in [5.41, 5.74) is 7.40. The van der Waals surface area contributed by atoms with Crippen molar-refractivity contribution < 1.29 is 13.9 Å². The van der Waals surface area contributed by atoms with E-state index in [1.165, 1.54) is 11.8 Å². The maximum atomic E-state index is 12.9. The first-order chi connectivity index (χ1) is 17.6. The van der Waals surface area contributed by atoms with Crippen LogP contribution in [0.1, 0.15) is 20.8 Å². The number of nitrogens with zero attached hydrogens (tertiary/aromatic N) is 3. The number of ether oxygens (including phenoxy) is 1. The van der Waals surface area contributed by atoms with E-state index in [0.717, 1.165) is 23.7 Å². The SMILES string of the molecule is CC(C)(C)OC(=O)N1CCN(c2ccc(Sc3cc4oc5cccc(Cl)c5c(=O)c4nc3N)cc2)CC1. The summed E-state index contributed by atoms with van der Waals surface area (Å²) in [6, 6.07) is 15.0. The number of aromatic nitrogens is 1. The first-order valence-electron chi connectivity index (χ1n) is 11.9. The molecule has 5 rings (SSSR count). The Kier molecular flexibility index (Phi) is 6.68. The summed E-state index contributed by atoms with van der Waals surface area (Å²) in [5.74, 6) is 0.249. The van der Waals surface area contributed by atoms with Crippen molar-refractivity contribution in [2.45, 2.75) is 36.2 Å². The van der Waals surface area contributed by atoms with Crippen molar-refractivity contribution in [3.63, 3.8) is 0 Å². The third-order valence-corrected chi connectivity index (χ3v) is 7.35. The van der Waals surface area contributed by atoms with Crippen LogP contribution < -0.4 is 16.1 Å². The highest BCUT2D eigenvalue weighted by atomic mass is 35.5. The number of carbonyl (C=O) groups is 1. The van der Waals surface area contributed by atoms with Crippen LogP contribution in [0.2, 0.25) is 5.02 Å². The summed E-state index contributed by atoms with van der Waals surface area (Å²) in [5, 5.41) is 0.616. The zero-order chi connectivity index (χ0) is 26.3. The van der Waals surface area contributed by atoms with Gasteiger partial charge in [0, 0.05) is 42.8 Å². The smallest absolute Gasteiger partial charge is 0.410 e. The number of nitrogen functional groups attached to an aromatic ring is 1. The van der Waals surface area contributed by atoms with Crippen molar-refractivity contribution in [2.75, 3.05) is 36.8 Å². The van der Waals surface area contributed by atoms with Crippen molar-refractivity contribution in [3.05, 3.63) is 63.8 Å². The van der Waals surface area contributed by atoms with Crippen LogP contribution in [-0.4, -0.2) is 47.8 Å². The molecule has 8 nitrogen and oxygen atoms in total. The summed E-state index contributed by atoms with van der Waals surface area (Å²) in [7, 11) is 0. The van der Waals surface area contributed by atoms with Crippen molar-refractivity contribution in [3.8, 4) is 0 Å². The number of benzene rings is 2. The van der Waals surface area contributed by atoms with Gasteiger partial charge >= 0.3 is 6.09 Å². The third-order valence-electron chi connectivity index (χ3n) is 5.98. The van der Waals surface area contributed by atoms with Crippen molar-refractivity contribution in [1.29, 1.82) is 0 Å². The van der Waals surface area contributed by atoms with Crippen LogP contribution in [0.15, 0.2) is 67.5 Å². The average molecular weight is 539 g/mol. The van der Waals surface area contributed by atoms with Crippen molar-refractivity contribution >= 4 is 63.0 Å². The van der Waals surface area contributed by atoms with Crippen LogP contribution in [-0.2, 0) is 4.74 Å². The summed E-state index contributed by atoms with van der Waals surface area (Å²) in [4.78, 5) is 35.2. The second kappa shape index (κ2) is 9.79. The summed E-state index contributed by atoms with van der Waals surface area (Å²) < 4.78 is 11.4. The fraction of sp³-hybridized carbons (Fsp3) is 0.296. The number of piperazine rings is 1. The predicted molar refractivity (Wildman–Crippen MR) is 148 cm³/mol. The largest absolute Gasteiger partial charge is 0.454 e. The Bertz CT molecular complexity index is 1540. The van der Waals surface area contributed by atoms with E-state index in [9.17, 15) is 9.59 Å². The minimum Gasteiger partial charge on any atom is -0.454 e. The molecule has 10 heteroatoms. The monoisotopic (exact) mass is 538 g/mol. The molecule has 1 amide bonds. The van der Waals surface area contributed by atoms with E-state index in [1.807, 2.05) is 45.0 Å². The van der Waals surface area contributed by atoms with Gasteiger partial charge in [0.25, 0.3) is 0 Å². The summed E-state index contributed by atoms with van der Waals surface area (Å²) >= 11 is 7.65. The quantitative estimate of drug-likeness (QED) is 0.327. The van der Waals surface area contributed by atoms with Gasteiger partial charge in [0.2, 0.25) is 5.43 Å². The predicted octanol–water partition coefficient (Wildman–Crippen LogP) is 5.79. The number of rotatable bonds is 3. The maximum Gasteiger partial charge on any atom is 0.410 e. The molecule has 1 saturated heterocycles. The van der Waals surface area contributed by atoms with Gasteiger partial charge in [-0.25, -0.2) is 9.78 Å². The minimum absolute atomic E-state index is 0.156. The first-order valence-corrected chi connectivity index (χ1v) is 13.1. The van der Waals surface area contributed by atoms with Gasteiger partial charge in [-0.05, 0) is 57.2 Å². The number of fused-ring (bicyclic) bond motifs is 2. The number of pyridine rings is 1. The molecule has 37 heavy (non-hydrogen) atoms. The highest BCUT2D eigenvalue weighted by molar-refractivity contribution is 7.99. The lowest BCUT2D eigenvalue weighted by Crippen LogP contribution is -2.50. The Morgan fingerprint density at radius 3 is 2.46 bits per heavy atom. The maximum absolute atomic E-state index is 12.9. The normalized spacial score (nSPS) is 14.4. The number of amides is 1. The second-order valence-corrected chi connectivity index (χ2v) is 11.3. The van der Waals surface area contributed by atoms with Crippen molar-refractivity contribution in [1.82, 2.24) is 9.88 Å². The first kappa shape index (κ1) is 25.2. The number of hydrogen-bond acceptors (Lipinski definition) is 8. The van der Waals surface area contributed by atoms with Crippen LogP contribution in [0.4, 0.5) is 16.3 Å². The lowest BCUT2D eigenvalue weighted by molar-refractivity contribution is 0.0240. The minimum atomic E-state index is -0.501. The fourth-order valence-corrected chi connectivity index (χ4v) is 5.28. The van der Waals surface area contributed by atoms with Gasteiger partial charge in [0.1, 0.15) is 17.0 Å². The zero-order valence-electron chi connectivity index (χ0n) is 20.8. The van der Waals surface area contributed by atoms with E-state index in [1.54, 1.807) is 29.2 Å². The molecule has 1 aliphatic rings. The number of halogens is 1. The average Bonchev–Trinajstić information content (AvgIpc) is 2.85. The van der Waals surface area contributed by atoms with Gasteiger partial charge in [0.05, 0.1) is 15.3 Å². The van der Waals surface area contributed by atoms with Crippen LogP contribution in [0.5, 0.6) is 0 Å². The number of hydrogen-bond donors (Lipinski definition) is 1. The molecule has 2 aromatic heterocycles. The zero-order valence-corrected chi connectivity index (χ0v) is 22.4. The summed E-state index contributed by atoms with van der Waals surface area (Å²) in [6.07, 6.45) is -0.271.